The number of quaternary nitrogens is 1. The molecule has 0 radical (unpaired) electrons. The highest BCUT2D eigenvalue weighted by Gasteiger charge is 2.27. The molecule has 5 atom stereocenters. The van der Waals surface area contributed by atoms with Crippen LogP contribution in [0, 0.1) is 0 Å². The highest BCUT2D eigenvalue weighted by atomic mass is 31.2. The Morgan fingerprint density at radius 1 is 0.603 bits per heavy atom. The fourth-order valence-electron chi connectivity index (χ4n) is 5.38. The van der Waals surface area contributed by atoms with Gasteiger partial charge in [0, 0.05) is 12.8 Å². The summed E-state index contributed by atoms with van der Waals surface area (Å²) in [7, 11) is 1.22. The topological polar surface area (TPSA) is 169 Å². The summed E-state index contributed by atoms with van der Waals surface area (Å²) < 4.78 is 33.9. The number of esters is 2. The average Bonchev–Trinajstić information content (AvgIpc) is 3.23. The van der Waals surface area contributed by atoms with Crippen molar-refractivity contribution in [1.29, 1.82) is 0 Å². The van der Waals surface area contributed by atoms with Crippen molar-refractivity contribution >= 4 is 19.8 Å². The van der Waals surface area contributed by atoms with Gasteiger partial charge in [-0.25, -0.2) is 4.57 Å². The van der Waals surface area contributed by atoms with Crippen LogP contribution < -0.4 is 0 Å². The lowest BCUT2D eigenvalue weighted by atomic mass is 10.1. The van der Waals surface area contributed by atoms with E-state index < -0.39 is 57.4 Å². The molecular weight excluding hydrogens is 822 g/mol. The minimum absolute atomic E-state index is 0.0368. The summed E-state index contributed by atoms with van der Waals surface area (Å²) >= 11 is 0. The lowest BCUT2D eigenvalue weighted by Gasteiger charge is -2.24. The van der Waals surface area contributed by atoms with Gasteiger partial charge < -0.3 is 34.2 Å². The highest BCUT2D eigenvalue weighted by Crippen LogP contribution is 2.43. The van der Waals surface area contributed by atoms with Crippen molar-refractivity contribution in [2.45, 2.75) is 147 Å². The Hall–Kier alpha value is -3.45. The number of likely N-dealkylation sites (N-methyl/N-ethyl adjacent to an activating group) is 1. The molecule has 0 bridgehead atoms. The number of phosphoric ester groups is 1. The van der Waals surface area contributed by atoms with E-state index in [0.717, 1.165) is 51.4 Å². The monoisotopic (exact) mass is 905 g/mol. The van der Waals surface area contributed by atoms with Gasteiger partial charge in [-0.2, -0.15) is 0 Å². The van der Waals surface area contributed by atoms with E-state index in [1.807, 2.05) is 33.3 Å². The van der Waals surface area contributed by atoms with E-state index in [0.29, 0.717) is 23.9 Å². The van der Waals surface area contributed by atoms with Crippen molar-refractivity contribution in [3.05, 3.63) is 109 Å². The first kappa shape index (κ1) is 59.5. The first-order valence-corrected chi connectivity index (χ1v) is 24.4. The molecule has 0 saturated carbocycles. The molecule has 0 heterocycles. The third kappa shape index (κ3) is 42.3. The Morgan fingerprint density at radius 2 is 1.14 bits per heavy atom. The molecule has 0 aliphatic rings. The second-order valence-corrected chi connectivity index (χ2v) is 17.7. The van der Waals surface area contributed by atoms with E-state index in [-0.39, 0.29) is 32.3 Å². The SMILES string of the molecule is CCCCC/C=C\C/C=C\C/C=C\C/C=C\C/C=C\CCC(=O)O[C@H](COC(=O)CCC[C@@H](O)[C@H](O)/C=C/C=C/C=C\C=C\[C@H](O)CCCCC)COP(=O)(O)OCC[N+](C)(C)C. The molecule has 0 saturated heterocycles. The van der Waals surface area contributed by atoms with Crippen LogP contribution >= 0.6 is 7.82 Å². The normalized spacial score (nSPS) is 16.0. The second kappa shape index (κ2) is 40.1. The van der Waals surface area contributed by atoms with Crippen LogP contribution in [0.5, 0.6) is 0 Å². The molecular formula is C50H83NO11P+. The molecule has 0 spiro atoms. The Kier molecular flexibility index (Phi) is 37.9. The lowest BCUT2D eigenvalue weighted by molar-refractivity contribution is -0.870. The quantitative estimate of drug-likeness (QED) is 0.0116. The number of nitrogens with zero attached hydrogens (tertiary/aromatic N) is 1. The van der Waals surface area contributed by atoms with Gasteiger partial charge in [0.25, 0.3) is 0 Å². The molecule has 12 nitrogen and oxygen atoms in total. The number of phosphoric acid groups is 1. The minimum Gasteiger partial charge on any atom is -0.462 e. The van der Waals surface area contributed by atoms with Gasteiger partial charge in [0.15, 0.2) is 6.10 Å². The number of unbranched alkanes of at least 4 members (excludes halogenated alkanes) is 5. The molecule has 0 fully saturated rings. The van der Waals surface area contributed by atoms with Gasteiger partial charge in [0.2, 0.25) is 0 Å². The van der Waals surface area contributed by atoms with Gasteiger partial charge in [-0.1, -0.05) is 155 Å². The Morgan fingerprint density at radius 3 is 1.73 bits per heavy atom. The van der Waals surface area contributed by atoms with Gasteiger partial charge in [0.1, 0.15) is 19.8 Å². The standard InChI is InChI=1S/C50H82NO11P/c1-6-8-10-11-12-13-14-15-16-17-18-19-20-21-22-23-24-29-33-39-50(56)62-46(44-61-63(57,58)60-42-41-51(3,4)5)43-59-49(55)40-34-38-48(54)47(53)37-32-28-26-25-27-31-36-45(52)35-30-9-7-2/h12-13,15-16,18-19,21-22,24-29,31-32,36-37,45-48,52-54H,6-11,14,17,20,23,30,33-35,38-44H2,1-5H3/p+1/b13-12-,16-15-,19-18-,22-21-,27-25-,28-26+,29-24-,36-31+,37-32+/t45-,46-,47-,48-/m1/s1. The summed E-state index contributed by atoms with van der Waals surface area (Å²) in [4.78, 5) is 35.4. The maximum atomic E-state index is 12.7. The number of carbonyl (C=O) groups excluding carboxylic acids is 2. The van der Waals surface area contributed by atoms with Crippen molar-refractivity contribution in [1.82, 2.24) is 0 Å². The number of rotatable bonds is 39. The van der Waals surface area contributed by atoms with Gasteiger partial charge >= 0.3 is 19.8 Å². The van der Waals surface area contributed by atoms with Crippen molar-refractivity contribution in [2.24, 2.45) is 0 Å². The van der Waals surface area contributed by atoms with Crippen molar-refractivity contribution in [2.75, 3.05) is 47.5 Å². The van der Waals surface area contributed by atoms with E-state index in [9.17, 15) is 34.4 Å². The van der Waals surface area contributed by atoms with E-state index in [1.54, 1.807) is 42.5 Å². The van der Waals surface area contributed by atoms with Crippen molar-refractivity contribution < 1.29 is 57.4 Å². The summed E-state index contributed by atoms with van der Waals surface area (Å²) in [6.07, 6.45) is 43.8. The van der Waals surface area contributed by atoms with Crippen LogP contribution in [0.1, 0.15) is 123 Å². The number of ether oxygens (including phenoxy) is 2. The first-order chi connectivity index (χ1) is 30.2. The zero-order valence-corrected chi connectivity index (χ0v) is 40.0. The molecule has 358 valence electrons. The third-order valence-electron chi connectivity index (χ3n) is 9.16. The number of hydrogen-bond donors (Lipinski definition) is 4. The van der Waals surface area contributed by atoms with E-state index in [2.05, 4.69) is 62.5 Å². The van der Waals surface area contributed by atoms with E-state index in [4.69, 9.17) is 18.5 Å². The summed E-state index contributed by atoms with van der Waals surface area (Å²) in [5.74, 6) is -1.24. The Balaban J connectivity index is 4.80. The van der Waals surface area contributed by atoms with Gasteiger partial charge in [0.05, 0.1) is 46.1 Å². The van der Waals surface area contributed by atoms with Gasteiger partial charge in [-0.05, 0) is 64.2 Å². The molecule has 4 N–H and O–H groups in total. The maximum Gasteiger partial charge on any atom is 0.472 e. The third-order valence-corrected chi connectivity index (χ3v) is 10.1. The molecule has 0 amide bonds. The van der Waals surface area contributed by atoms with Crippen LogP contribution in [0.25, 0.3) is 0 Å². The zero-order valence-electron chi connectivity index (χ0n) is 39.1. The largest absolute Gasteiger partial charge is 0.472 e. The molecule has 63 heavy (non-hydrogen) atoms. The summed E-state index contributed by atoms with van der Waals surface area (Å²) in [5, 5.41) is 30.5. The number of hydrogen-bond acceptors (Lipinski definition) is 10. The lowest BCUT2D eigenvalue weighted by Crippen LogP contribution is -2.37. The fraction of sp³-hybridized carbons (Fsp3) is 0.600. The zero-order chi connectivity index (χ0) is 46.9. The van der Waals surface area contributed by atoms with Crippen LogP contribution in [0.4, 0.5) is 0 Å². The molecule has 0 aromatic heterocycles. The summed E-state index contributed by atoms with van der Waals surface area (Å²) in [6.45, 7) is 3.77. The van der Waals surface area contributed by atoms with Crippen molar-refractivity contribution in [3.63, 3.8) is 0 Å². The van der Waals surface area contributed by atoms with E-state index >= 15 is 0 Å². The Bertz CT molecular complexity index is 1490. The van der Waals surface area contributed by atoms with Crippen LogP contribution in [0.3, 0.4) is 0 Å². The molecule has 13 heteroatoms. The number of carbonyl (C=O) groups is 2. The minimum atomic E-state index is -4.49. The van der Waals surface area contributed by atoms with Crippen molar-refractivity contribution in [3.8, 4) is 0 Å². The van der Waals surface area contributed by atoms with Crippen LogP contribution in [0.15, 0.2) is 109 Å². The highest BCUT2D eigenvalue weighted by molar-refractivity contribution is 7.47. The smallest absolute Gasteiger partial charge is 0.462 e. The molecule has 0 aliphatic heterocycles. The molecule has 0 aliphatic carbocycles. The maximum absolute atomic E-state index is 12.7. The predicted molar refractivity (Wildman–Crippen MR) is 256 cm³/mol. The molecule has 0 aromatic carbocycles. The van der Waals surface area contributed by atoms with E-state index in [1.165, 1.54) is 25.3 Å². The predicted octanol–water partition coefficient (Wildman–Crippen LogP) is 10.0. The summed E-state index contributed by atoms with van der Waals surface area (Å²) in [5.41, 5.74) is 0. The fourth-order valence-corrected chi connectivity index (χ4v) is 6.12. The van der Waals surface area contributed by atoms with Gasteiger partial charge in [-0.15, -0.1) is 0 Å². The molecule has 1 unspecified atom stereocenters. The van der Waals surface area contributed by atoms with Crippen LogP contribution in [0.2, 0.25) is 0 Å². The Labute approximate surface area is 380 Å². The van der Waals surface area contributed by atoms with Crippen LogP contribution in [-0.2, 0) is 32.7 Å². The number of aliphatic hydroxyl groups is 3. The number of aliphatic hydroxyl groups excluding tert-OH is 3. The summed E-state index contributed by atoms with van der Waals surface area (Å²) in [6, 6.07) is 0. The van der Waals surface area contributed by atoms with Gasteiger partial charge in [-0.3, -0.25) is 18.6 Å². The second-order valence-electron chi connectivity index (χ2n) is 16.3. The number of allylic oxidation sites excluding steroid dienone is 16. The average molecular weight is 905 g/mol. The molecule has 0 rings (SSSR count). The molecule has 0 aromatic rings. The van der Waals surface area contributed by atoms with Crippen LogP contribution in [-0.4, -0.2) is 109 Å². The first-order valence-electron chi connectivity index (χ1n) is 22.9.